The molecule has 4 rings (SSSR count). The molecule has 1 aromatic heterocycles. The first-order valence-corrected chi connectivity index (χ1v) is 18.7. The number of nitrogen functional groups attached to an aromatic ring is 1. The molecule has 7 nitrogen and oxygen atoms in total. The number of aliphatic hydroxyl groups excluding tert-OH is 2. The second kappa shape index (κ2) is 35.6. The number of benzene rings is 3. The van der Waals surface area contributed by atoms with Crippen molar-refractivity contribution in [3.05, 3.63) is 105 Å². The van der Waals surface area contributed by atoms with Crippen LogP contribution in [-0.4, -0.2) is 48.5 Å². The van der Waals surface area contributed by atoms with Gasteiger partial charge in [-0.3, -0.25) is 5.41 Å². The molecule has 0 aliphatic heterocycles. The van der Waals surface area contributed by atoms with E-state index in [1.54, 1.807) is 18.3 Å². The summed E-state index contributed by atoms with van der Waals surface area (Å²) in [5.41, 5.74) is 18.6. The van der Waals surface area contributed by atoms with Gasteiger partial charge in [0, 0.05) is 45.9 Å². The van der Waals surface area contributed by atoms with E-state index >= 15 is 0 Å². The highest BCUT2D eigenvalue weighted by Gasteiger charge is 2.17. The fourth-order valence-electron chi connectivity index (χ4n) is 3.85. The number of aliphatic hydroxyl groups is 3. The van der Waals surface area contributed by atoms with Crippen LogP contribution in [0.4, 0.5) is 10.7 Å². The Bertz CT molecular complexity index is 1340. The summed E-state index contributed by atoms with van der Waals surface area (Å²) in [6.45, 7) is 22.0. The van der Waals surface area contributed by atoms with Gasteiger partial charge < -0.3 is 32.1 Å². The zero-order valence-electron chi connectivity index (χ0n) is 33.1. The Morgan fingerprint density at radius 2 is 1.28 bits per heavy atom. The first kappa shape index (κ1) is 53.6. The van der Waals surface area contributed by atoms with Crippen LogP contribution in [0.25, 0.3) is 11.1 Å². The fourth-order valence-corrected chi connectivity index (χ4v) is 5.00. The van der Waals surface area contributed by atoms with Crippen LogP contribution in [0.3, 0.4) is 0 Å². The van der Waals surface area contributed by atoms with Crippen molar-refractivity contribution in [1.82, 2.24) is 0 Å². The Kier molecular flexibility index (Phi) is 38.1. The Balaban J connectivity index is -0.000000306. The van der Waals surface area contributed by atoms with Crippen molar-refractivity contribution in [3.8, 4) is 11.1 Å². The van der Waals surface area contributed by atoms with E-state index in [-0.39, 0.29) is 6.61 Å². The van der Waals surface area contributed by atoms with Crippen molar-refractivity contribution in [2.45, 2.75) is 94.9 Å². The van der Waals surface area contributed by atoms with Crippen LogP contribution >= 0.6 is 22.9 Å². The molecule has 50 heavy (non-hydrogen) atoms. The van der Waals surface area contributed by atoms with Crippen molar-refractivity contribution in [1.29, 1.82) is 5.41 Å². The standard InChI is InChI=1S/C16H19N.C14H15ClN2S.C3H8.C2H6O.2C2H6.CH5N.CH4O2/c1-3-12(2)13-8-10-14(11-9-13)15-6-4-5-7-16(15)17;1-8-9(2)18-14(17-3)12(8)13(16)10-4-6-11(15)7-5-10;1-3-2;1-2-3;3*1-2;2-1-3/h4-12H,3,17H2,1-2H3;4-7,16-17H,1-3H3;3H2,1-2H3;3H,2H2,1H3;2*1-2H3;2H2,1H3;2-3H,1H2. The van der Waals surface area contributed by atoms with Crippen molar-refractivity contribution < 1.29 is 15.3 Å². The van der Waals surface area contributed by atoms with Gasteiger partial charge in [-0.2, -0.15) is 0 Å². The van der Waals surface area contributed by atoms with Gasteiger partial charge in [0.05, 0.1) is 10.7 Å². The summed E-state index contributed by atoms with van der Waals surface area (Å²) in [7, 11) is 3.39. The molecule has 0 amide bonds. The maximum absolute atomic E-state index is 8.36. The van der Waals surface area contributed by atoms with Gasteiger partial charge >= 0.3 is 0 Å². The van der Waals surface area contributed by atoms with Gasteiger partial charge in [0.25, 0.3) is 0 Å². The topological polar surface area (TPSA) is 149 Å². The highest BCUT2D eigenvalue weighted by molar-refractivity contribution is 7.16. The molecule has 0 aliphatic rings. The van der Waals surface area contributed by atoms with Gasteiger partial charge in [-0.05, 0) is 75.0 Å². The summed E-state index contributed by atoms with van der Waals surface area (Å²) in [4.78, 5) is 1.24. The average Bonchev–Trinajstić information content (AvgIpc) is 3.44. The third-order valence-electron chi connectivity index (χ3n) is 6.36. The number of para-hydroxylation sites is 1. The lowest BCUT2D eigenvalue weighted by molar-refractivity contribution is 0.0773. The third-order valence-corrected chi connectivity index (χ3v) is 7.84. The molecule has 0 bridgehead atoms. The molecular formula is C41H69ClN4O3S. The summed E-state index contributed by atoms with van der Waals surface area (Å²) >= 11 is 7.56. The molecule has 1 heterocycles. The lowest BCUT2D eigenvalue weighted by Crippen LogP contribution is -2.04. The number of thiophene rings is 1. The van der Waals surface area contributed by atoms with Crippen molar-refractivity contribution in [3.63, 3.8) is 0 Å². The zero-order valence-corrected chi connectivity index (χ0v) is 34.7. The van der Waals surface area contributed by atoms with Gasteiger partial charge in [0.15, 0.2) is 0 Å². The molecular weight excluding hydrogens is 664 g/mol. The second-order valence-electron chi connectivity index (χ2n) is 9.80. The molecule has 3 aromatic carbocycles. The highest BCUT2D eigenvalue weighted by atomic mass is 35.5. The van der Waals surface area contributed by atoms with E-state index in [2.05, 4.69) is 82.9 Å². The molecule has 0 radical (unpaired) electrons. The van der Waals surface area contributed by atoms with Crippen molar-refractivity contribution in [2.75, 3.05) is 38.5 Å². The monoisotopic (exact) mass is 732 g/mol. The lowest BCUT2D eigenvalue weighted by atomic mass is 9.95. The SMILES string of the molecule is CC.CC.CCC.CCC(C)c1ccc(-c2ccccc2N)cc1.CCO.CN.CNc1sc(C)c(C)c1C(=N)c1ccc(Cl)cc1.OCO. The number of rotatable bonds is 6. The summed E-state index contributed by atoms with van der Waals surface area (Å²) < 4.78 is 0. The van der Waals surface area contributed by atoms with Crippen molar-refractivity contribution in [2.24, 2.45) is 5.73 Å². The van der Waals surface area contributed by atoms with Gasteiger partial charge in [0.1, 0.15) is 6.79 Å². The Morgan fingerprint density at radius 3 is 1.68 bits per heavy atom. The van der Waals surface area contributed by atoms with E-state index in [0.29, 0.717) is 16.7 Å². The average molecular weight is 734 g/mol. The molecule has 284 valence electrons. The van der Waals surface area contributed by atoms with E-state index in [1.807, 2.05) is 77.2 Å². The Labute approximate surface area is 314 Å². The quantitative estimate of drug-likeness (QED) is 0.0596. The van der Waals surface area contributed by atoms with Gasteiger partial charge in [0.2, 0.25) is 0 Å². The van der Waals surface area contributed by atoms with E-state index in [0.717, 1.165) is 27.4 Å². The van der Waals surface area contributed by atoms with E-state index in [4.69, 9.17) is 38.1 Å². The summed E-state index contributed by atoms with van der Waals surface area (Å²) in [6.07, 6.45) is 2.42. The predicted molar refractivity (Wildman–Crippen MR) is 227 cm³/mol. The number of nitrogens with two attached hydrogens (primary N) is 2. The second-order valence-corrected chi connectivity index (χ2v) is 11.5. The zero-order chi connectivity index (χ0) is 39.7. The van der Waals surface area contributed by atoms with Crippen LogP contribution in [0.1, 0.15) is 108 Å². The molecule has 4 aromatic rings. The number of halogens is 1. The van der Waals surface area contributed by atoms with Gasteiger partial charge in [-0.15, -0.1) is 11.3 Å². The minimum Gasteiger partial charge on any atom is -0.398 e. The molecule has 0 aliphatic carbocycles. The smallest absolute Gasteiger partial charge is 0.140 e. The fraction of sp³-hybridized carbons (Fsp3) is 0.439. The van der Waals surface area contributed by atoms with Crippen LogP contribution in [0.2, 0.25) is 5.02 Å². The normalized spacial score (nSPS) is 9.40. The van der Waals surface area contributed by atoms with E-state index in [9.17, 15) is 0 Å². The van der Waals surface area contributed by atoms with Crippen LogP contribution in [-0.2, 0) is 0 Å². The summed E-state index contributed by atoms with van der Waals surface area (Å²) in [5.74, 6) is 0.622. The van der Waals surface area contributed by atoms with Crippen LogP contribution < -0.4 is 16.8 Å². The number of anilines is 2. The molecule has 0 saturated carbocycles. The maximum atomic E-state index is 8.36. The van der Waals surface area contributed by atoms with Gasteiger partial charge in [-0.25, -0.2) is 0 Å². The van der Waals surface area contributed by atoms with Crippen LogP contribution in [0, 0.1) is 19.3 Å². The van der Waals surface area contributed by atoms with Crippen molar-refractivity contribution >= 4 is 39.3 Å². The van der Waals surface area contributed by atoms with E-state index < -0.39 is 6.79 Å². The number of aryl methyl sites for hydroxylation is 1. The first-order valence-electron chi connectivity index (χ1n) is 17.5. The lowest BCUT2D eigenvalue weighted by Gasteiger charge is -2.10. The molecule has 0 fully saturated rings. The molecule has 0 saturated heterocycles. The molecule has 9 N–H and O–H groups in total. The summed E-state index contributed by atoms with van der Waals surface area (Å²) in [6, 6.07) is 24.1. The minimum atomic E-state index is -0.750. The predicted octanol–water partition coefficient (Wildman–Crippen LogP) is 10.9. The Morgan fingerprint density at radius 1 is 0.840 bits per heavy atom. The molecule has 1 atom stereocenters. The third kappa shape index (κ3) is 21.1. The number of hydrogen-bond donors (Lipinski definition) is 7. The summed E-state index contributed by atoms with van der Waals surface area (Å²) in [5, 5.41) is 35.1. The largest absolute Gasteiger partial charge is 0.398 e. The van der Waals surface area contributed by atoms with Crippen LogP contribution in [0.15, 0.2) is 72.8 Å². The van der Waals surface area contributed by atoms with E-state index in [1.165, 1.54) is 41.5 Å². The molecule has 0 spiro atoms. The Hall–Kier alpha value is -3.24. The highest BCUT2D eigenvalue weighted by Crippen LogP contribution is 2.34. The van der Waals surface area contributed by atoms with Gasteiger partial charge in [-0.1, -0.05) is 128 Å². The first-order chi connectivity index (χ1) is 24.0. The number of hydrogen-bond acceptors (Lipinski definition) is 8. The molecule has 9 heteroatoms. The molecule has 1 unspecified atom stereocenters. The minimum absolute atomic E-state index is 0.250. The van der Waals surface area contributed by atoms with Crippen LogP contribution in [0.5, 0.6) is 0 Å². The number of nitrogens with one attached hydrogen (secondary N) is 2. The maximum Gasteiger partial charge on any atom is 0.140 e.